The zero-order valence-corrected chi connectivity index (χ0v) is 18.4. The molecular formula is C24H27FN6O2. The molecule has 3 aromatic rings. The van der Waals surface area contributed by atoms with Crippen LogP contribution in [-0.4, -0.2) is 45.3 Å². The Morgan fingerprint density at radius 1 is 1.33 bits per heavy atom. The minimum atomic E-state index is -0.500. The van der Waals surface area contributed by atoms with Gasteiger partial charge in [0.1, 0.15) is 11.6 Å². The first-order valence-corrected chi connectivity index (χ1v) is 11.0. The number of carbonyl (C=O) groups is 1. The molecule has 1 aliphatic rings. The third kappa shape index (κ3) is 4.93. The smallest absolute Gasteiger partial charge is 0.272 e. The molecule has 1 saturated carbocycles. The Balaban J connectivity index is 1.54. The lowest BCUT2D eigenvalue weighted by molar-refractivity contribution is 0.0947. The SMILES string of the molecule is CN/C=C(\C(=N)CO)c1cc(F)cc(CNC(=O)c2nccc3nc(C4CCCC4)[nH]c23)c1. The van der Waals surface area contributed by atoms with Crippen molar-refractivity contribution in [1.82, 2.24) is 25.6 Å². The third-order valence-corrected chi connectivity index (χ3v) is 5.87. The number of carbonyl (C=O) groups excluding carboxylic acids is 1. The van der Waals surface area contributed by atoms with Gasteiger partial charge in [-0.25, -0.2) is 14.4 Å². The first kappa shape index (κ1) is 22.6. The summed E-state index contributed by atoms with van der Waals surface area (Å²) >= 11 is 0. The maximum atomic E-state index is 14.3. The van der Waals surface area contributed by atoms with Gasteiger partial charge < -0.3 is 26.1 Å². The van der Waals surface area contributed by atoms with Crippen molar-refractivity contribution in [3.8, 4) is 0 Å². The molecule has 1 aliphatic carbocycles. The molecule has 33 heavy (non-hydrogen) atoms. The molecule has 0 atom stereocenters. The first-order chi connectivity index (χ1) is 16.0. The Kier molecular flexibility index (Phi) is 6.79. The number of aliphatic hydroxyl groups is 1. The van der Waals surface area contributed by atoms with Crippen molar-refractivity contribution < 1.29 is 14.3 Å². The second kappa shape index (κ2) is 9.91. The van der Waals surface area contributed by atoms with Gasteiger partial charge in [0.2, 0.25) is 0 Å². The molecule has 0 radical (unpaired) electrons. The van der Waals surface area contributed by atoms with E-state index in [0.29, 0.717) is 33.7 Å². The van der Waals surface area contributed by atoms with Crippen LogP contribution in [0.2, 0.25) is 0 Å². The van der Waals surface area contributed by atoms with Crippen LogP contribution in [0.3, 0.4) is 0 Å². The van der Waals surface area contributed by atoms with Crippen LogP contribution in [0.1, 0.15) is 59.0 Å². The lowest BCUT2D eigenvalue weighted by Gasteiger charge is -2.11. The van der Waals surface area contributed by atoms with E-state index >= 15 is 0 Å². The number of imidazole rings is 1. The summed E-state index contributed by atoms with van der Waals surface area (Å²) in [5.74, 6) is 0.396. The maximum absolute atomic E-state index is 14.3. The molecule has 0 aliphatic heterocycles. The number of pyridine rings is 1. The van der Waals surface area contributed by atoms with E-state index in [-0.39, 0.29) is 23.9 Å². The summed E-state index contributed by atoms with van der Waals surface area (Å²) in [6.07, 6.45) is 7.65. The molecule has 0 saturated heterocycles. The summed E-state index contributed by atoms with van der Waals surface area (Å²) in [5, 5.41) is 22.9. The van der Waals surface area contributed by atoms with Gasteiger partial charge in [-0.1, -0.05) is 12.8 Å². The molecule has 9 heteroatoms. The number of nitrogens with zero attached hydrogens (tertiary/aromatic N) is 2. The predicted molar refractivity (Wildman–Crippen MR) is 125 cm³/mol. The molecular weight excluding hydrogens is 423 g/mol. The molecule has 172 valence electrons. The van der Waals surface area contributed by atoms with Crippen LogP contribution in [0.15, 0.2) is 36.7 Å². The predicted octanol–water partition coefficient (Wildman–Crippen LogP) is 3.26. The van der Waals surface area contributed by atoms with E-state index < -0.39 is 12.4 Å². The van der Waals surface area contributed by atoms with Gasteiger partial charge in [0.15, 0.2) is 5.69 Å². The van der Waals surface area contributed by atoms with Crippen LogP contribution in [-0.2, 0) is 6.54 Å². The normalized spacial score (nSPS) is 14.6. The number of aromatic amines is 1. The minimum Gasteiger partial charge on any atom is -0.393 e. The van der Waals surface area contributed by atoms with E-state index in [0.717, 1.165) is 18.7 Å². The van der Waals surface area contributed by atoms with Crippen molar-refractivity contribution in [3.05, 3.63) is 65.1 Å². The van der Waals surface area contributed by atoms with Gasteiger partial charge in [-0.3, -0.25) is 4.79 Å². The highest BCUT2D eigenvalue weighted by Crippen LogP contribution is 2.33. The van der Waals surface area contributed by atoms with Crippen LogP contribution in [0.5, 0.6) is 0 Å². The van der Waals surface area contributed by atoms with Crippen molar-refractivity contribution in [2.45, 2.75) is 38.1 Å². The molecule has 8 nitrogen and oxygen atoms in total. The van der Waals surface area contributed by atoms with Crippen LogP contribution >= 0.6 is 0 Å². The summed E-state index contributed by atoms with van der Waals surface area (Å²) in [7, 11) is 1.66. The topological polar surface area (TPSA) is 127 Å². The number of benzene rings is 1. The summed E-state index contributed by atoms with van der Waals surface area (Å²) in [6, 6.07) is 6.08. The van der Waals surface area contributed by atoms with E-state index in [1.54, 1.807) is 25.4 Å². The van der Waals surface area contributed by atoms with Gasteiger partial charge >= 0.3 is 0 Å². The van der Waals surface area contributed by atoms with Gasteiger partial charge in [-0.05, 0) is 48.2 Å². The summed E-state index contributed by atoms with van der Waals surface area (Å²) < 4.78 is 14.3. The van der Waals surface area contributed by atoms with E-state index in [2.05, 4.69) is 25.6 Å². The Bertz CT molecular complexity index is 1210. The average Bonchev–Trinajstić information content (AvgIpc) is 3.49. The van der Waals surface area contributed by atoms with Gasteiger partial charge in [-0.15, -0.1) is 0 Å². The van der Waals surface area contributed by atoms with E-state index in [1.165, 1.54) is 31.2 Å². The summed E-state index contributed by atoms with van der Waals surface area (Å²) in [5.41, 5.74) is 2.84. The highest BCUT2D eigenvalue weighted by molar-refractivity contribution is 6.22. The first-order valence-electron chi connectivity index (χ1n) is 11.0. The van der Waals surface area contributed by atoms with Crippen molar-refractivity contribution in [1.29, 1.82) is 5.41 Å². The van der Waals surface area contributed by atoms with Gasteiger partial charge in [0.25, 0.3) is 5.91 Å². The molecule has 1 amide bonds. The lowest BCUT2D eigenvalue weighted by Crippen LogP contribution is -2.24. The number of nitrogens with one attached hydrogen (secondary N) is 4. The van der Waals surface area contributed by atoms with Gasteiger partial charge in [0, 0.05) is 37.5 Å². The Labute approximate surface area is 190 Å². The number of H-pyrrole nitrogens is 1. The molecule has 1 fully saturated rings. The maximum Gasteiger partial charge on any atom is 0.272 e. The lowest BCUT2D eigenvalue weighted by atomic mass is 10.00. The Hall–Kier alpha value is -3.59. The third-order valence-electron chi connectivity index (χ3n) is 5.87. The van der Waals surface area contributed by atoms with Crippen LogP contribution < -0.4 is 10.6 Å². The monoisotopic (exact) mass is 450 g/mol. The van der Waals surface area contributed by atoms with Gasteiger partial charge in [-0.2, -0.15) is 0 Å². The molecule has 0 unspecified atom stereocenters. The fourth-order valence-corrected chi connectivity index (χ4v) is 4.27. The van der Waals surface area contributed by atoms with Crippen molar-refractivity contribution in [3.63, 3.8) is 0 Å². The second-order valence-electron chi connectivity index (χ2n) is 8.17. The van der Waals surface area contributed by atoms with E-state index in [1.807, 2.05) is 0 Å². The molecule has 0 bridgehead atoms. The number of rotatable bonds is 8. The largest absolute Gasteiger partial charge is 0.393 e. The standard InChI is InChI=1S/C24H27FN6O2/c1-27-12-18(19(26)13-32)16-8-14(9-17(25)10-16)11-29-24(33)22-21-20(6-7-28-22)30-23(31-21)15-4-2-3-5-15/h6-10,12,15,26-27,32H,2-5,11,13H2,1H3,(H,29,33)(H,30,31)/b18-12-,26-19?. The number of halogens is 1. The van der Waals surface area contributed by atoms with E-state index in [9.17, 15) is 14.3 Å². The zero-order valence-electron chi connectivity index (χ0n) is 18.4. The molecule has 2 aromatic heterocycles. The number of aromatic nitrogens is 3. The van der Waals surface area contributed by atoms with Crippen LogP contribution in [0.25, 0.3) is 16.6 Å². The van der Waals surface area contributed by atoms with Crippen molar-refractivity contribution in [2.75, 3.05) is 13.7 Å². The number of aliphatic hydroxyl groups excluding tert-OH is 1. The zero-order chi connectivity index (χ0) is 23.4. The van der Waals surface area contributed by atoms with Gasteiger partial charge in [0.05, 0.1) is 23.4 Å². The summed E-state index contributed by atoms with van der Waals surface area (Å²) in [4.78, 5) is 25.1. The summed E-state index contributed by atoms with van der Waals surface area (Å²) in [6.45, 7) is -0.399. The van der Waals surface area contributed by atoms with Crippen LogP contribution in [0.4, 0.5) is 4.39 Å². The number of hydrogen-bond acceptors (Lipinski definition) is 6. The van der Waals surface area contributed by atoms with Crippen molar-refractivity contribution in [2.24, 2.45) is 0 Å². The van der Waals surface area contributed by atoms with Crippen LogP contribution in [0, 0.1) is 11.2 Å². The molecule has 4 rings (SSSR count). The molecule has 0 spiro atoms. The number of amides is 1. The minimum absolute atomic E-state index is 0.0434. The fourth-order valence-electron chi connectivity index (χ4n) is 4.27. The Morgan fingerprint density at radius 2 is 2.12 bits per heavy atom. The number of hydrogen-bond donors (Lipinski definition) is 5. The number of fused-ring (bicyclic) bond motifs is 1. The van der Waals surface area contributed by atoms with E-state index in [4.69, 9.17) is 5.41 Å². The molecule has 1 aromatic carbocycles. The Morgan fingerprint density at radius 3 is 2.85 bits per heavy atom. The highest BCUT2D eigenvalue weighted by Gasteiger charge is 2.22. The van der Waals surface area contributed by atoms with Crippen molar-refractivity contribution >= 4 is 28.2 Å². The molecule has 5 N–H and O–H groups in total. The quantitative estimate of drug-likeness (QED) is 0.337. The average molecular weight is 451 g/mol. The second-order valence-corrected chi connectivity index (χ2v) is 8.17. The highest BCUT2D eigenvalue weighted by atomic mass is 19.1. The molecule has 2 heterocycles. The fraction of sp³-hybridized carbons (Fsp3) is 0.333.